The third kappa shape index (κ3) is 9.03. The van der Waals surface area contributed by atoms with Crippen LogP contribution in [0.15, 0.2) is 30.3 Å². The van der Waals surface area contributed by atoms with Gasteiger partial charge >= 0.3 is 13.8 Å². The van der Waals surface area contributed by atoms with E-state index in [4.69, 9.17) is 23.8 Å². The summed E-state index contributed by atoms with van der Waals surface area (Å²) >= 11 is 0. The quantitative estimate of drug-likeness (QED) is 0.299. The second kappa shape index (κ2) is 13.3. The van der Waals surface area contributed by atoms with Crippen molar-refractivity contribution in [3.8, 4) is 28.7 Å². The molecular weight excluding hydrogens is 457 g/mol. The van der Waals surface area contributed by atoms with E-state index < -0.39 is 7.82 Å². The summed E-state index contributed by atoms with van der Waals surface area (Å²) in [5.41, 5.74) is 4.66. The molecule has 0 aliphatic carbocycles. The Labute approximate surface area is 191 Å². The number of phosphoric ester groups is 1. The van der Waals surface area contributed by atoms with Gasteiger partial charge in [-0.3, -0.25) is 4.57 Å². The highest BCUT2D eigenvalue weighted by molar-refractivity contribution is 7.45. The molecule has 0 fully saturated rings. The van der Waals surface area contributed by atoms with Crippen LogP contribution in [0, 0.1) is 0 Å². The maximum Gasteiger partial charge on any atom is 0.361 e. The molecule has 0 radical (unpaired) electrons. The van der Waals surface area contributed by atoms with Crippen molar-refractivity contribution >= 4 is 25.9 Å². The first kappa shape index (κ1) is 27.8. The number of benzene rings is 2. The summed E-state index contributed by atoms with van der Waals surface area (Å²) in [4.78, 5) is 29.8. The third-order valence-corrected chi connectivity index (χ3v) is 4.42. The van der Waals surface area contributed by atoms with Gasteiger partial charge in [-0.25, -0.2) is 4.79 Å². The van der Waals surface area contributed by atoms with Crippen molar-refractivity contribution in [1.82, 2.24) is 0 Å². The Hall–Kier alpha value is -3.24. The number of phosphoric acid groups is 1. The summed E-state index contributed by atoms with van der Waals surface area (Å²) in [6.07, 6.45) is 3.49. The van der Waals surface area contributed by atoms with E-state index in [1.54, 1.807) is 30.4 Å². The third-order valence-electron chi connectivity index (χ3n) is 3.99. The maximum absolute atomic E-state index is 11.0. The lowest BCUT2D eigenvalue weighted by Gasteiger charge is -2.18. The van der Waals surface area contributed by atoms with E-state index in [9.17, 15) is 14.3 Å². The Morgan fingerprint density at radius 3 is 1.82 bits per heavy atom. The molecule has 1 atom stereocenters. The average molecular weight is 485 g/mol. The highest BCUT2D eigenvalue weighted by Crippen LogP contribution is 2.40. The van der Waals surface area contributed by atoms with Crippen LogP contribution in [0.2, 0.25) is 0 Å². The first-order chi connectivity index (χ1) is 15.6. The Bertz CT molecular complexity index is 972. The molecule has 2 rings (SSSR count). The fraction of sp³-hybridized carbons (Fsp3) is 0.286. The zero-order chi connectivity index (χ0) is 25.0. The highest BCUT2D eigenvalue weighted by atomic mass is 31.2. The van der Waals surface area contributed by atoms with Crippen LogP contribution >= 0.6 is 7.82 Å². The SMILES string of the molecule is COC(=O)C[NH3+].COc1ccc(/C=C\c2cc(OC)c(OC)c(OC)c2)cc1OP(=O)([O-])O. The predicted octanol–water partition coefficient (Wildman–Crippen LogP) is 1.13. The molecule has 11 nitrogen and oxygen atoms in total. The number of quaternary nitrogens is 1. The monoisotopic (exact) mass is 485 g/mol. The van der Waals surface area contributed by atoms with E-state index in [1.807, 2.05) is 0 Å². The highest BCUT2D eigenvalue weighted by Gasteiger charge is 2.13. The van der Waals surface area contributed by atoms with E-state index in [0.717, 1.165) is 5.56 Å². The molecule has 182 valence electrons. The fourth-order valence-electron chi connectivity index (χ4n) is 2.48. The van der Waals surface area contributed by atoms with Crippen LogP contribution in [0.25, 0.3) is 12.2 Å². The van der Waals surface area contributed by atoms with Gasteiger partial charge in [0.25, 0.3) is 0 Å². The van der Waals surface area contributed by atoms with Crippen LogP contribution < -0.4 is 34.1 Å². The second-order valence-electron chi connectivity index (χ2n) is 6.09. The number of methoxy groups -OCH3 is 5. The van der Waals surface area contributed by atoms with Crippen LogP contribution in [-0.2, 0) is 14.1 Å². The minimum atomic E-state index is -4.96. The lowest BCUT2D eigenvalue weighted by atomic mass is 10.1. The molecule has 12 heteroatoms. The number of rotatable bonds is 9. The summed E-state index contributed by atoms with van der Waals surface area (Å²) < 4.78 is 40.7. The van der Waals surface area contributed by atoms with Crippen molar-refractivity contribution in [2.45, 2.75) is 0 Å². The molecule has 0 aliphatic heterocycles. The van der Waals surface area contributed by atoms with Crippen LogP contribution in [0.5, 0.6) is 28.7 Å². The number of esters is 1. The van der Waals surface area contributed by atoms with Gasteiger partial charge in [-0.05, 0) is 35.4 Å². The van der Waals surface area contributed by atoms with E-state index in [-0.39, 0.29) is 24.0 Å². The van der Waals surface area contributed by atoms with Crippen molar-refractivity contribution in [3.05, 3.63) is 41.5 Å². The summed E-state index contributed by atoms with van der Waals surface area (Å²) in [7, 11) is 2.31. The maximum atomic E-state index is 11.0. The van der Waals surface area contributed by atoms with Crippen molar-refractivity contribution < 1.29 is 53.1 Å². The van der Waals surface area contributed by atoms with Crippen LogP contribution in [0.1, 0.15) is 11.1 Å². The molecule has 2 aromatic rings. The molecule has 2 aromatic carbocycles. The molecule has 0 bridgehead atoms. The van der Waals surface area contributed by atoms with E-state index >= 15 is 0 Å². The molecule has 0 heterocycles. The zero-order valence-electron chi connectivity index (χ0n) is 19.0. The van der Waals surface area contributed by atoms with E-state index in [1.165, 1.54) is 47.7 Å². The lowest BCUT2D eigenvalue weighted by Crippen LogP contribution is -2.54. The first-order valence-electron chi connectivity index (χ1n) is 9.37. The fourth-order valence-corrected chi connectivity index (χ4v) is 2.88. The van der Waals surface area contributed by atoms with Gasteiger partial charge in [-0.15, -0.1) is 0 Å². The van der Waals surface area contributed by atoms with Gasteiger partial charge in [-0.2, -0.15) is 0 Å². The van der Waals surface area contributed by atoms with Crippen molar-refractivity contribution in [2.24, 2.45) is 0 Å². The summed E-state index contributed by atoms with van der Waals surface area (Å²) in [6, 6.07) is 8.18. The summed E-state index contributed by atoms with van der Waals surface area (Å²) in [5, 5.41) is 0. The minimum absolute atomic E-state index is 0.120. The van der Waals surface area contributed by atoms with E-state index in [0.29, 0.717) is 22.8 Å². The van der Waals surface area contributed by atoms with E-state index in [2.05, 4.69) is 15.0 Å². The molecule has 4 N–H and O–H groups in total. The molecule has 0 amide bonds. The average Bonchev–Trinajstić information content (AvgIpc) is 2.80. The number of carbonyl (C=O) groups is 1. The largest absolute Gasteiger partial charge is 0.746 e. The molecule has 0 saturated carbocycles. The number of hydrogen-bond acceptors (Lipinski definition) is 9. The van der Waals surface area contributed by atoms with Gasteiger partial charge < -0.3 is 43.7 Å². The molecule has 33 heavy (non-hydrogen) atoms. The topological polar surface area (TPSA) is 160 Å². The van der Waals surface area contributed by atoms with Crippen LogP contribution in [0.3, 0.4) is 0 Å². The van der Waals surface area contributed by atoms with Gasteiger partial charge in [0, 0.05) is 0 Å². The Kier molecular flexibility index (Phi) is 11.2. The summed E-state index contributed by atoms with van der Waals surface area (Å²) in [6.45, 7) is 0.219. The number of ether oxygens (including phenoxy) is 5. The van der Waals surface area contributed by atoms with Crippen molar-refractivity contribution in [3.63, 3.8) is 0 Å². The molecule has 0 aliphatic rings. The predicted molar refractivity (Wildman–Crippen MR) is 118 cm³/mol. The lowest BCUT2D eigenvalue weighted by molar-refractivity contribution is -0.359. The van der Waals surface area contributed by atoms with Gasteiger partial charge in [0.05, 0.1) is 35.5 Å². The molecule has 0 saturated heterocycles. The van der Waals surface area contributed by atoms with Crippen molar-refractivity contribution in [1.29, 1.82) is 0 Å². The van der Waals surface area contributed by atoms with Gasteiger partial charge in [0.15, 0.2) is 29.5 Å². The van der Waals surface area contributed by atoms with Gasteiger partial charge in [0.1, 0.15) is 0 Å². The minimum Gasteiger partial charge on any atom is -0.746 e. The van der Waals surface area contributed by atoms with Gasteiger partial charge in [0.2, 0.25) is 5.75 Å². The number of carbonyl (C=O) groups excluding carboxylic acids is 1. The summed E-state index contributed by atoms with van der Waals surface area (Å²) in [5.74, 6) is 1.27. The molecule has 0 spiro atoms. The second-order valence-corrected chi connectivity index (χ2v) is 7.21. The standard InChI is InChI=1S/C18H21O8P.C3H7NO2/c1-22-14-8-7-12(9-15(14)26-27(19,20)21)5-6-13-10-16(23-2)18(25-4)17(11-13)24-3;1-6-3(5)2-4/h5-11H,1-4H3,(H2,19,20,21);2,4H2,1H3/b6-5-;. The first-order valence-corrected chi connectivity index (χ1v) is 10.9. The number of hydrogen-bond donors (Lipinski definition) is 2. The van der Waals surface area contributed by atoms with Gasteiger partial charge in [-0.1, -0.05) is 18.2 Å². The zero-order valence-corrected chi connectivity index (χ0v) is 19.9. The Morgan fingerprint density at radius 2 is 1.42 bits per heavy atom. The molecule has 1 unspecified atom stereocenters. The van der Waals surface area contributed by atoms with Crippen LogP contribution in [0.4, 0.5) is 0 Å². The smallest absolute Gasteiger partial charge is 0.361 e. The Balaban J connectivity index is 0.000000801. The molecule has 0 aromatic heterocycles. The van der Waals surface area contributed by atoms with Crippen molar-refractivity contribution in [2.75, 3.05) is 42.1 Å². The molecular formula is C21H28NO10P. The Morgan fingerprint density at radius 1 is 0.909 bits per heavy atom. The van der Waals surface area contributed by atoms with Crippen LogP contribution in [-0.4, -0.2) is 53.0 Å². The normalized spacial score (nSPS) is 12.1.